The molecule has 0 bridgehead atoms. The smallest absolute Gasteiger partial charge is 0.115 e. The lowest BCUT2D eigenvalue weighted by Crippen LogP contribution is -1.66. The molecule has 0 aliphatic carbocycles. The number of hydrogen-bond acceptors (Lipinski definition) is 3. The van der Waals surface area contributed by atoms with Gasteiger partial charge in [0.1, 0.15) is 6.33 Å². The van der Waals surface area contributed by atoms with Crippen LogP contribution in [0.5, 0.6) is 0 Å². The molecule has 3 rings (SSSR count). The van der Waals surface area contributed by atoms with Gasteiger partial charge in [-0.25, -0.2) is 15.0 Å². The molecule has 1 aromatic carbocycles. The summed E-state index contributed by atoms with van der Waals surface area (Å²) < 4.78 is 0. The van der Waals surface area contributed by atoms with Crippen molar-refractivity contribution in [2.75, 3.05) is 0 Å². The summed E-state index contributed by atoms with van der Waals surface area (Å²) in [4.78, 5) is 14.4. The van der Waals surface area contributed by atoms with E-state index in [1.165, 1.54) is 6.33 Å². The average Bonchev–Trinajstić information content (AvgIpc) is 2.92. The largest absolute Gasteiger partial charge is 0.345 e. The first-order valence-corrected chi connectivity index (χ1v) is 5.55. The van der Waals surface area contributed by atoms with Crippen molar-refractivity contribution >= 4 is 11.0 Å². The van der Waals surface area contributed by atoms with Crippen molar-refractivity contribution in [1.82, 2.24) is 19.9 Å². The fourth-order valence-corrected chi connectivity index (χ4v) is 1.13. The number of imidazole rings is 1. The average molecular weight is 228 g/mol. The molecule has 0 spiro atoms. The van der Waals surface area contributed by atoms with Gasteiger partial charge in [-0.2, -0.15) is 0 Å². The topological polar surface area (TPSA) is 54.5 Å². The first kappa shape index (κ1) is 12.8. The van der Waals surface area contributed by atoms with Gasteiger partial charge in [-0.05, 0) is 18.2 Å². The number of para-hydroxylation sites is 2. The molecule has 4 heteroatoms. The van der Waals surface area contributed by atoms with Gasteiger partial charge in [-0.1, -0.05) is 26.0 Å². The summed E-state index contributed by atoms with van der Waals surface area (Å²) >= 11 is 0. The fraction of sp³-hybridized carbons (Fsp3) is 0.154. The van der Waals surface area contributed by atoms with Crippen molar-refractivity contribution < 1.29 is 0 Å². The SMILES string of the molecule is CC.c1ccc2[nH]cnc2c1.c1cncnc1. The molecule has 0 saturated carbocycles. The highest BCUT2D eigenvalue weighted by Gasteiger charge is 1.88. The number of H-pyrrole nitrogens is 1. The van der Waals surface area contributed by atoms with E-state index >= 15 is 0 Å². The highest BCUT2D eigenvalue weighted by molar-refractivity contribution is 5.73. The van der Waals surface area contributed by atoms with Gasteiger partial charge in [0.05, 0.1) is 17.4 Å². The first-order chi connectivity index (χ1) is 8.47. The first-order valence-electron chi connectivity index (χ1n) is 5.55. The van der Waals surface area contributed by atoms with Gasteiger partial charge in [-0.3, -0.25) is 0 Å². The minimum absolute atomic E-state index is 1.03. The number of aromatic amines is 1. The van der Waals surface area contributed by atoms with E-state index in [0.29, 0.717) is 0 Å². The number of fused-ring (bicyclic) bond motifs is 1. The Labute approximate surface area is 101 Å². The molecule has 17 heavy (non-hydrogen) atoms. The number of aromatic nitrogens is 4. The summed E-state index contributed by atoms with van der Waals surface area (Å²) in [6.07, 6.45) is 6.57. The molecule has 4 nitrogen and oxygen atoms in total. The standard InChI is InChI=1S/C7H6N2.C4H4N2.C2H6/c1-2-4-7-6(3-1)8-5-9-7;1-2-5-4-6-3-1;1-2/h1-5H,(H,8,9);1-4H;1-2H3. The van der Waals surface area contributed by atoms with Crippen LogP contribution in [0.15, 0.2) is 55.4 Å². The highest BCUT2D eigenvalue weighted by atomic mass is 14.9. The lowest BCUT2D eigenvalue weighted by molar-refractivity contribution is 1.17. The Kier molecular flexibility index (Phi) is 6.03. The third kappa shape index (κ3) is 4.42. The maximum atomic E-state index is 4.06. The van der Waals surface area contributed by atoms with Crippen molar-refractivity contribution in [1.29, 1.82) is 0 Å². The van der Waals surface area contributed by atoms with Gasteiger partial charge < -0.3 is 4.98 Å². The quantitative estimate of drug-likeness (QED) is 0.643. The van der Waals surface area contributed by atoms with Crippen LogP contribution >= 0.6 is 0 Å². The summed E-state index contributed by atoms with van der Waals surface area (Å²) in [6, 6.07) is 9.72. The molecule has 0 amide bonds. The van der Waals surface area contributed by atoms with Crippen LogP contribution in [0.4, 0.5) is 0 Å². The van der Waals surface area contributed by atoms with Gasteiger partial charge in [0.25, 0.3) is 0 Å². The predicted molar refractivity (Wildman–Crippen MR) is 69.5 cm³/mol. The Hall–Kier alpha value is -2.23. The summed E-state index contributed by atoms with van der Waals surface area (Å²) in [6.45, 7) is 4.00. The summed E-state index contributed by atoms with van der Waals surface area (Å²) in [5, 5.41) is 0. The van der Waals surface area contributed by atoms with Gasteiger partial charge in [-0.15, -0.1) is 0 Å². The van der Waals surface area contributed by atoms with Gasteiger partial charge in [0.15, 0.2) is 0 Å². The Morgan fingerprint density at radius 3 is 2.18 bits per heavy atom. The number of rotatable bonds is 0. The molecule has 0 fully saturated rings. The Balaban J connectivity index is 0.000000158. The molecule has 0 saturated heterocycles. The molecular weight excluding hydrogens is 212 g/mol. The van der Waals surface area contributed by atoms with E-state index < -0.39 is 0 Å². The summed E-state index contributed by atoms with van der Waals surface area (Å²) in [7, 11) is 0. The monoisotopic (exact) mass is 228 g/mol. The van der Waals surface area contributed by atoms with E-state index in [1.807, 2.05) is 38.1 Å². The van der Waals surface area contributed by atoms with E-state index in [4.69, 9.17) is 0 Å². The molecule has 0 aliphatic rings. The van der Waals surface area contributed by atoms with Crippen LogP contribution in [0, 0.1) is 0 Å². The van der Waals surface area contributed by atoms with Crippen molar-refractivity contribution in [3.8, 4) is 0 Å². The minimum Gasteiger partial charge on any atom is -0.345 e. The zero-order chi connectivity index (χ0) is 12.3. The third-order valence-electron chi connectivity index (χ3n) is 1.81. The van der Waals surface area contributed by atoms with E-state index in [0.717, 1.165) is 11.0 Å². The zero-order valence-corrected chi connectivity index (χ0v) is 10.0. The molecule has 2 aromatic heterocycles. The molecule has 0 unspecified atom stereocenters. The van der Waals surface area contributed by atoms with Crippen molar-refractivity contribution in [2.24, 2.45) is 0 Å². The second-order valence-electron chi connectivity index (χ2n) is 2.82. The molecule has 0 aliphatic heterocycles. The van der Waals surface area contributed by atoms with Crippen LogP contribution in [-0.2, 0) is 0 Å². The number of benzene rings is 1. The summed E-state index contributed by atoms with van der Waals surface area (Å²) in [5.41, 5.74) is 2.12. The lowest BCUT2D eigenvalue weighted by Gasteiger charge is -1.81. The molecule has 1 N–H and O–H groups in total. The van der Waals surface area contributed by atoms with Gasteiger partial charge in [0.2, 0.25) is 0 Å². The van der Waals surface area contributed by atoms with Crippen molar-refractivity contribution in [3.05, 3.63) is 55.4 Å². The number of nitrogens with one attached hydrogen (secondary N) is 1. The zero-order valence-electron chi connectivity index (χ0n) is 10.0. The Morgan fingerprint density at radius 2 is 1.65 bits per heavy atom. The molecule has 2 heterocycles. The molecule has 0 atom stereocenters. The second kappa shape index (κ2) is 7.98. The number of hydrogen-bond donors (Lipinski definition) is 1. The van der Waals surface area contributed by atoms with E-state index in [-0.39, 0.29) is 0 Å². The van der Waals surface area contributed by atoms with Crippen LogP contribution in [0.2, 0.25) is 0 Å². The van der Waals surface area contributed by atoms with E-state index in [1.54, 1.807) is 24.8 Å². The van der Waals surface area contributed by atoms with Crippen molar-refractivity contribution in [2.45, 2.75) is 13.8 Å². The highest BCUT2D eigenvalue weighted by Crippen LogP contribution is 2.05. The maximum Gasteiger partial charge on any atom is 0.115 e. The van der Waals surface area contributed by atoms with Crippen LogP contribution in [0.1, 0.15) is 13.8 Å². The Bertz CT molecular complexity index is 448. The van der Waals surface area contributed by atoms with Crippen LogP contribution in [0.25, 0.3) is 11.0 Å². The lowest BCUT2D eigenvalue weighted by atomic mass is 10.3. The van der Waals surface area contributed by atoms with E-state index in [9.17, 15) is 0 Å². The van der Waals surface area contributed by atoms with Crippen molar-refractivity contribution in [3.63, 3.8) is 0 Å². The number of nitrogens with zero attached hydrogens (tertiary/aromatic N) is 3. The predicted octanol–water partition coefficient (Wildman–Crippen LogP) is 3.07. The van der Waals surface area contributed by atoms with Gasteiger partial charge in [0, 0.05) is 12.4 Å². The molecule has 3 aromatic rings. The Morgan fingerprint density at radius 1 is 0.941 bits per heavy atom. The maximum absolute atomic E-state index is 4.06. The summed E-state index contributed by atoms with van der Waals surface area (Å²) in [5.74, 6) is 0. The van der Waals surface area contributed by atoms with Crippen LogP contribution < -0.4 is 0 Å². The van der Waals surface area contributed by atoms with Crippen LogP contribution in [-0.4, -0.2) is 19.9 Å². The minimum atomic E-state index is 1.03. The van der Waals surface area contributed by atoms with Crippen LogP contribution in [0.3, 0.4) is 0 Å². The molecule has 88 valence electrons. The normalized spacial score (nSPS) is 8.59. The van der Waals surface area contributed by atoms with E-state index in [2.05, 4.69) is 19.9 Å². The molecule has 0 radical (unpaired) electrons. The third-order valence-corrected chi connectivity index (χ3v) is 1.81. The molecular formula is C13H16N4. The van der Waals surface area contributed by atoms with Gasteiger partial charge >= 0.3 is 0 Å². The second-order valence-corrected chi connectivity index (χ2v) is 2.82. The fourth-order valence-electron chi connectivity index (χ4n) is 1.13.